The van der Waals surface area contributed by atoms with E-state index in [4.69, 9.17) is 15.2 Å². The molecular weight excluding hydrogens is 328 g/mol. The minimum absolute atomic E-state index is 0. The molecule has 2 atom stereocenters. The number of likely N-dealkylation sites (tertiary alicyclic amines) is 1. The van der Waals surface area contributed by atoms with E-state index in [0.717, 1.165) is 36.4 Å². The molecule has 2 N–H and O–H groups in total. The molecule has 0 aromatic heterocycles. The van der Waals surface area contributed by atoms with Gasteiger partial charge in [0.25, 0.3) is 0 Å². The van der Waals surface area contributed by atoms with E-state index in [1.807, 2.05) is 23.1 Å². The molecule has 24 heavy (non-hydrogen) atoms. The Morgan fingerprint density at radius 3 is 2.42 bits per heavy atom. The smallest absolute Gasteiger partial charge is 0.223 e. The Kier molecular flexibility index (Phi) is 8.36. The molecule has 0 spiro atoms. The second kappa shape index (κ2) is 9.74. The maximum absolute atomic E-state index is 12.6. The van der Waals surface area contributed by atoms with Crippen LogP contribution >= 0.6 is 12.4 Å². The lowest BCUT2D eigenvalue weighted by atomic mass is 9.92. The number of benzene rings is 1. The van der Waals surface area contributed by atoms with Gasteiger partial charge in [-0.1, -0.05) is 6.92 Å². The number of carbonyl (C=O) groups is 1. The standard InChI is InChI=1S/C18H28N2O3.ClH/c1-13-6-7-20(15(8-13)12-19)18(21)5-4-14-9-16(22-2)11-17(10-14)23-3;/h9-11,13,15H,4-8,12,19H2,1-3H3;1H. The third-order valence-corrected chi connectivity index (χ3v) is 4.61. The molecule has 1 amide bonds. The van der Waals surface area contributed by atoms with Gasteiger partial charge in [-0.2, -0.15) is 0 Å². The number of hydrogen-bond acceptors (Lipinski definition) is 4. The van der Waals surface area contributed by atoms with E-state index in [2.05, 4.69) is 6.92 Å². The van der Waals surface area contributed by atoms with E-state index < -0.39 is 0 Å². The third-order valence-electron chi connectivity index (χ3n) is 4.61. The number of piperidine rings is 1. The lowest BCUT2D eigenvalue weighted by Gasteiger charge is -2.38. The molecule has 1 aliphatic rings. The monoisotopic (exact) mass is 356 g/mol. The van der Waals surface area contributed by atoms with Gasteiger partial charge in [-0.15, -0.1) is 12.4 Å². The van der Waals surface area contributed by atoms with E-state index in [-0.39, 0.29) is 24.4 Å². The summed E-state index contributed by atoms with van der Waals surface area (Å²) in [6.45, 7) is 3.60. The normalized spacial score (nSPS) is 20.2. The first-order valence-electron chi connectivity index (χ1n) is 8.28. The Bertz CT molecular complexity index is 517. The summed E-state index contributed by atoms with van der Waals surface area (Å²) >= 11 is 0. The summed E-state index contributed by atoms with van der Waals surface area (Å²) in [6, 6.07) is 5.93. The minimum atomic E-state index is 0. The van der Waals surface area contributed by atoms with Crippen molar-refractivity contribution in [3.8, 4) is 11.5 Å². The topological polar surface area (TPSA) is 64.8 Å². The summed E-state index contributed by atoms with van der Waals surface area (Å²) in [5, 5.41) is 0. The lowest BCUT2D eigenvalue weighted by Crippen LogP contribution is -2.49. The zero-order valence-electron chi connectivity index (χ0n) is 14.8. The fourth-order valence-corrected chi connectivity index (χ4v) is 3.21. The molecule has 1 fully saturated rings. The Labute approximate surface area is 150 Å². The molecule has 1 aromatic carbocycles. The fourth-order valence-electron chi connectivity index (χ4n) is 3.21. The summed E-state index contributed by atoms with van der Waals surface area (Å²) < 4.78 is 10.5. The molecule has 1 aliphatic heterocycles. The quantitative estimate of drug-likeness (QED) is 0.851. The first-order chi connectivity index (χ1) is 11.1. The van der Waals surface area contributed by atoms with Gasteiger partial charge in [-0.05, 0) is 42.9 Å². The molecule has 136 valence electrons. The van der Waals surface area contributed by atoms with Gasteiger partial charge in [0.05, 0.1) is 14.2 Å². The van der Waals surface area contributed by atoms with E-state index in [1.54, 1.807) is 14.2 Å². The fraction of sp³-hybridized carbons (Fsp3) is 0.611. The van der Waals surface area contributed by atoms with Crippen molar-refractivity contribution in [1.82, 2.24) is 4.90 Å². The van der Waals surface area contributed by atoms with Crippen molar-refractivity contribution < 1.29 is 14.3 Å². The van der Waals surface area contributed by atoms with Crippen LogP contribution < -0.4 is 15.2 Å². The number of aryl methyl sites for hydroxylation is 1. The Morgan fingerprint density at radius 1 is 1.25 bits per heavy atom. The number of carbonyl (C=O) groups excluding carboxylic acids is 1. The van der Waals surface area contributed by atoms with Crippen molar-refractivity contribution in [2.45, 2.75) is 38.6 Å². The molecule has 0 aliphatic carbocycles. The molecule has 0 saturated carbocycles. The van der Waals surface area contributed by atoms with E-state index in [1.165, 1.54) is 0 Å². The first kappa shape index (κ1) is 20.6. The van der Waals surface area contributed by atoms with Gasteiger partial charge in [0.2, 0.25) is 5.91 Å². The van der Waals surface area contributed by atoms with Gasteiger partial charge in [0.1, 0.15) is 11.5 Å². The van der Waals surface area contributed by atoms with Crippen molar-refractivity contribution in [3.63, 3.8) is 0 Å². The largest absolute Gasteiger partial charge is 0.497 e. The Morgan fingerprint density at radius 2 is 1.88 bits per heavy atom. The number of amides is 1. The molecule has 0 radical (unpaired) electrons. The average molecular weight is 357 g/mol. The van der Waals surface area contributed by atoms with Crippen LogP contribution in [0.5, 0.6) is 11.5 Å². The van der Waals surface area contributed by atoms with Crippen LogP contribution in [0.2, 0.25) is 0 Å². The van der Waals surface area contributed by atoms with Crippen molar-refractivity contribution in [2.75, 3.05) is 27.3 Å². The van der Waals surface area contributed by atoms with Crippen molar-refractivity contribution >= 4 is 18.3 Å². The summed E-state index contributed by atoms with van der Waals surface area (Å²) in [5.74, 6) is 2.33. The molecular formula is C18H29ClN2O3. The first-order valence-corrected chi connectivity index (χ1v) is 8.28. The second-order valence-corrected chi connectivity index (χ2v) is 6.33. The Balaban J connectivity index is 0.00000288. The molecule has 1 aromatic rings. The number of hydrogen-bond donors (Lipinski definition) is 1. The van der Waals surface area contributed by atoms with E-state index in [9.17, 15) is 4.79 Å². The second-order valence-electron chi connectivity index (χ2n) is 6.33. The molecule has 1 saturated heterocycles. The number of ether oxygens (including phenoxy) is 2. The maximum Gasteiger partial charge on any atom is 0.223 e. The van der Waals surface area contributed by atoms with Crippen LogP contribution in [0.1, 0.15) is 31.7 Å². The number of nitrogens with zero attached hydrogens (tertiary/aromatic N) is 1. The van der Waals surface area contributed by atoms with E-state index >= 15 is 0 Å². The highest BCUT2D eigenvalue weighted by atomic mass is 35.5. The van der Waals surface area contributed by atoms with Gasteiger partial charge in [0, 0.05) is 31.6 Å². The predicted octanol–water partition coefficient (Wildman–Crippen LogP) is 2.64. The van der Waals surface area contributed by atoms with Gasteiger partial charge in [-0.25, -0.2) is 0 Å². The highest BCUT2D eigenvalue weighted by Crippen LogP contribution is 2.25. The lowest BCUT2D eigenvalue weighted by molar-refractivity contribution is -0.135. The van der Waals surface area contributed by atoms with Crippen LogP contribution in [0.3, 0.4) is 0 Å². The van der Waals surface area contributed by atoms with Crippen LogP contribution in [0.15, 0.2) is 18.2 Å². The molecule has 2 rings (SSSR count). The highest BCUT2D eigenvalue weighted by Gasteiger charge is 2.28. The number of nitrogens with two attached hydrogens (primary N) is 1. The maximum atomic E-state index is 12.6. The molecule has 1 heterocycles. The summed E-state index contributed by atoms with van der Waals surface area (Å²) in [6.07, 6.45) is 3.24. The molecule has 5 nitrogen and oxygen atoms in total. The van der Waals surface area contributed by atoms with Gasteiger partial charge in [-0.3, -0.25) is 4.79 Å². The summed E-state index contributed by atoms with van der Waals surface area (Å²) in [4.78, 5) is 14.5. The predicted molar refractivity (Wildman–Crippen MR) is 98.1 cm³/mol. The van der Waals surface area contributed by atoms with Crippen LogP contribution in [0, 0.1) is 5.92 Å². The zero-order chi connectivity index (χ0) is 16.8. The summed E-state index contributed by atoms with van der Waals surface area (Å²) in [5.41, 5.74) is 6.90. The zero-order valence-corrected chi connectivity index (χ0v) is 15.6. The van der Waals surface area contributed by atoms with Gasteiger partial charge in [0.15, 0.2) is 0 Å². The number of methoxy groups -OCH3 is 2. The van der Waals surface area contributed by atoms with Gasteiger partial charge < -0.3 is 20.1 Å². The molecule has 0 bridgehead atoms. The van der Waals surface area contributed by atoms with Crippen LogP contribution in [0.4, 0.5) is 0 Å². The number of halogens is 1. The average Bonchev–Trinajstić information content (AvgIpc) is 2.58. The third kappa shape index (κ3) is 5.28. The summed E-state index contributed by atoms with van der Waals surface area (Å²) in [7, 11) is 3.26. The van der Waals surface area contributed by atoms with Crippen LogP contribution in [-0.2, 0) is 11.2 Å². The SMILES string of the molecule is COc1cc(CCC(=O)N2CCC(C)CC2CN)cc(OC)c1.Cl. The van der Waals surface area contributed by atoms with Crippen molar-refractivity contribution in [3.05, 3.63) is 23.8 Å². The minimum Gasteiger partial charge on any atom is -0.497 e. The highest BCUT2D eigenvalue weighted by molar-refractivity contribution is 5.85. The van der Waals surface area contributed by atoms with Crippen molar-refractivity contribution in [1.29, 1.82) is 0 Å². The molecule has 6 heteroatoms. The van der Waals surface area contributed by atoms with Crippen LogP contribution in [0.25, 0.3) is 0 Å². The van der Waals surface area contributed by atoms with E-state index in [0.29, 0.717) is 25.3 Å². The number of rotatable bonds is 6. The molecule has 2 unspecified atom stereocenters. The Hall–Kier alpha value is -1.46. The van der Waals surface area contributed by atoms with Crippen LogP contribution in [-0.4, -0.2) is 44.2 Å². The van der Waals surface area contributed by atoms with Crippen molar-refractivity contribution in [2.24, 2.45) is 11.7 Å². The van der Waals surface area contributed by atoms with Gasteiger partial charge >= 0.3 is 0 Å².